The molecule has 0 aliphatic heterocycles. The average molecular weight is 688 g/mol. The number of fused-ring (bicyclic) bond motifs is 7. The summed E-state index contributed by atoms with van der Waals surface area (Å²) < 4.78 is 2.48. The van der Waals surface area contributed by atoms with Gasteiger partial charge in [-0.3, -0.25) is 0 Å². The van der Waals surface area contributed by atoms with Crippen molar-refractivity contribution in [3.8, 4) is 61.7 Å². The highest BCUT2D eigenvalue weighted by Crippen LogP contribution is 2.44. The van der Waals surface area contributed by atoms with Crippen LogP contribution in [0.2, 0.25) is 0 Å². The molecular formula is C51H33N3. The third kappa shape index (κ3) is 4.90. The van der Waals surface area contributed by atoms with Crippen molar-refractivity contribution in [3.05, 3.63) is 199 Å². The summed E-state index contributed by atoms with van der Waals surface area (Å²) in [7, 11) is 0. The first kappa shape index (κ1) is 30.5. The molecule has 0 saturated heterocycles. The van der Waals surface area contributed by atoms with Gasteiger partial charge in [0.05, 0.1) is 27.9 Å². The SMILES string of the molecule is c1ccc(-c2ccc(-c3nc(-c4ccc5c(c4)Cc4c-5cccc4-n4c5ccccc5c5ccc(-c6ccccc6)cc54)nc4ccccc34)cc2)cc1. The lowest BCUT2D eigenvalue weighted by Crippen LogP contribution is -1.99. The van der Waals surface area contributed by atoms with E-state index in [-0.39, 0.29) is 0 Å². The summed E-state index contributed by atoms with van der Waals surface area (Å²) >= 11 is 0. The molecule has 3 heteroatoms. The Bertz CT molecular complexity index is 3050. The Morgan fingerprint density at radius 3 is 1.83 bits per heavy atom. The van der Waals surface area contributed by atoms with Gasteiger partial charge in [-0.1, -0.05) is 158 Å². The summed E-state index contributed by atoms with van der Waals surface area (Å²) in [5.41, 5.74) is 17.7. The van der Waals surface area contributed by atoms with Gasteiger partial charge in [-0.05, 0) is 74.8 Å². The molecule has 0 bridgehead atoms. The van der Waals surface area contributed by atoms with Crippen LogP contribution >= 0.6 is 0 Å². The predicted octanol–water partition coefficient (Wildman–Crippen LogP) is 13.0. The molecule has 0 unspecified atom stereocenters. The highest BCUT2D eigenvalue weighted by Gasteiger charge is 2.25. The van der Waals surface area contributed by atoms with E-state index in [2.05, 4.69) is 193 Å². The van der Waals surface area contributed by atoms with Crippen molar-refractivity contribution >= 4 is 32.7 Å². The van der Waals surface area contributed by atoms with Crippen LogP contribution in [0.4, 0.5) is 0 Å². The van der Waals surface area contributed by atoms with Crippen molar-refractivity contribution in [2.24, 2.45) is 0 Å². The minimum Gasteiger partial charge on any atom is -0.309 e. The topological polar surface area (TPSA) is 30.7 Å². The molecule has 1 aliphatic carbocycles. The summed E-state index contributed by atoms with van der Waals surface area (Å²) in [5.74, 6) is 0.741. The summed E-state index contributed by atoms with van der Waals surface area (Å²) in [5, 5.41) is 3.58. The van der Waals surface area contributed by atoms with Crippen molar-refractivity contribution < 1.29 is 0 Å². The Hall–Kier alpha value is -7.10. The van der Waals surface area contributed by atoms with Crippen LogP contribution in [0.15, 0.2) is 188 Å². The number of aromatic nitrogens is 3. The van der Waals surface area contributed by atoms with Crippen LogP contribution in [0.3, 0.4) is 0 Å². The fourth-order valence-electron chi connectivity index (χ4n) is 8.47. The maximum Gasteiger partial charge on any atom is 0.160 e. The highest BCUT2D eigenvalue weighted by atomic mass is 15.0. The van der Waals surface area contributed by atoms with Crippen LogP contribution in [0, 0.1) is 0 Å². The molecule has 2 aromatic heterocycles. The number of nitrogens with zero attached hydrogens (tertiary/aromatic N) is 3. The second-order valence-corrected chi connectivity index (χ2v) is 14.2. The van der Waals surface area contributed by atoms with Crippen molar-refractivity contribution in [2.75, 3.05) is 0 Å². The maximum absolute atomic E-state index is 5.26. The van der Waals surface area contributed by atoms with E-state index in [1.165, 1.54) is 72.0 Å². The van der Waals surface area contributed by atoms with Gasteiger partial charge in [0.15, 0.2) is 5.82 Å². The fourth-order valence-corrected chi connectivity index (χ4v) is 8.47. The lowest BCUT2D eigenvalue weighted by molar-refractivity contribution is 1.12. The van der Waals surface area contributed by atoms with Gasteiger partial charge in [-0.15, -0.1) is 0 Å². The molecule has 54 heavy (non-hydrogen) atoms. The molecule has 0 amide bonds. The number of benzene rings is 8. The summed E-state index contributed by atoms with van der Waals surface area (Å²) in [6, 6.07) is 67.5. The molecule has 3 nitrogen and oxygen atoms in total. The van der Waals surface area contributed by atoms with Gasteiger partial charge < -0.3 is 4.57 Å². The van der Waals surface area contributed by atoms with Gasteiger partial charge in [0.2, 0.25) is 0 Å². The zero-order valence-electron chi connectivity index (χ0n) is 29.4. The van der Waals surface area contributed by atoms with Crippen molar-refractivity contribution in [1.29, 1.82) is 0 Å². The van der Waals surface area contributed by atoms with Gasteiger partial charge >= 0.3 is 0 Å². The standard InChI is InChI=1S/C51H33N3/c1-3-12-33(13-4-1)35-22-24-36(25-23-35)50-44-17-7-9-19-46(44)52-51(53-50)38-27-28-40-39(30-38)31-45-41(40)18-11-21-48(45)54-47-20-10-8-16-42(47)43-29-26-37(32-49(43)54)34-14-5-2-6-15-34/h1-30,32H,31H2. The molecule has 0 atom stereocenters. The zero-order valence-corrected chi connectivity index (χ0v) is 29.4. The Kier molecular flexibility index (Phi) is 6.93. The molecule has 0 N–H and O–H groups in total. The Morgan fingerprint density at radius 2 is 1.02 bits per heavy atom. The number of para-hydroxylation sites is 2. The third-order valence-corrected chi connectivity index (χ3v) is 11.1. The molecule has 10 aromatic rings. The predicted molar refractivity (Wildman–Crippen MR) is 224 cm³/mol. The Labute approximate surface area is 313 Å². The second-order valence-electron chi connectivity index (χ2n) is 14.2. The number of rotatable bonds is 5. The molecule has 0 radical (unpaired) electrons. The van der Waals surface area contributed by atoms with E-state index < -0.39 is 0 Å². The smallest absolute Gasteiger partial charge is 0.160 e. The first-order chi connectivity index (χ1) is 26.8. The van der Waals surface area contributed by atoms with E-state index in [1.54, 1.807) is 0 Å². The summed E-state index contributed by atoms with van der Waals surface area (Å²) in [4.78, 5) is 10.4. The number of hydrogen-bond acceptors (Lipinski definition) is 2. The van der Waals surface area contributed by atoms with Gasteiger partial charge in [0.1, 0.15) is 0 Å². The molecule has 11 rings (SSSR count). The lowest BCUT2D eigenvalue weighted by Gasteiger charge is -2.14. The quantitative estimate of drug-likeness (QED) is 0.180. The fraction of sp³-hybridized carbons (Fsp3) is 0.0196. The first-order valence-corrected chi connectivity index (χ1v) is 18.5. The normalized spacial score (nSPS) is 12.0. The molecule has 2 heterocycles. The molecule has 0 fully saturated rings. The lowest BCUT2D eigenvalue weighted by atomic mass is 10.0. The molecule has 0 saturated carbocycles. The van der Waals surface area contributed by atoms with Gasteiger partial charge in [0.25, 0.3) is 0 Å². The minimum atomic E-state index is 0.741. The third-order valence-electron chi connectivity index (χ3n) is 11.1. The minimum absolute atomic E-state index is 0.741. The van der Waals surface area contributed by atoms with E-state index in [4.69, 9.17) is 9.97 Å². The second kappa shape index (κ2) is 12.3. The van der Waals surface area contributed by atoms with Crippen molar-refractivity contribution in [3.63, 3.8) is 0 Å². The maximum atomic E-state index is 5.26. The van der Waals surface area contributed by atoms with Crippen LogP contribution in [0.5, 0.6) is 0 Å². The first-order valence-electron chi connectivity index (χ1n) is 18.5. The van der Waals surface area contributed by atoms with E-state index in [0.29, 0.717) is 0 Å². The van der Waals surface area contributed by atoms with E-state index in [1.807, 2.05) is 0 Å². The van der Waals surface area contributed by atoms with Gasteiger partial charge in [-0.25, -0.2) is 9.97 Å². The zero-order chi connectivity index (χ0) is 35.6. The van der Waals surface area contributed by atoms with Crippen LogP contribution in [0.1, 0.15) is 11.1 Å². The molecular weight excluding hydrogens is 655 g/mol. The van der Waals surface area contributed by atoms with Gasteiger partial charge in [0, 0.05) is 33.7 Å². The molecule has 8 aromatic carbocycles. The molecule has 252 valence electrons. The van der Waals surface area contributed by atoms with Gasteiger partial charge in [-0.2, -0.15) is 0 Å². The summed E-state index contributed by atoms with van der Waals surface area (Å²) in [6.07, 6.45) is 0.836. The number of hydrogen-bond donors (Lipinski definition) is 0. The highest BCUT2D eigenvalue weighted by molar-refractivity contribution is 6.10. The average Bonchev–Trinajstić information content (AvgIpc) is 3.79. The summed E-state index contributed by atoms with van der Waals surface area (Å²) in [6.45, 7) is 0. The van der Waals surface area contributed by atoms with Crippen LogP contribution in [-0.2, 0) is 6.42 Å². The van der Waals surface area contributed by atoms with Crippen molar-refractivity contribution in [1.82, 2.24) is 14.5 Å². The van der Waals surface area contributed by atoms with Crippen molar-refractivity contribution in [2.45, 2.75) is 6.42 Å². The molecule has 0 spiro atoms. The monoisotopic (exact) mass is 687 g/mol. The largest absolute Gasteiger partial charge is 0.309 e. The van der Waals surface area contributed by atoms with Crippen LogP contribution in [0.25, 0.3) is 94.4 Å². The Morgan fingerprint density at radius 1 is 0.389 bits per heavy atom. The van der Waals surface area contributed by atoms with Crippen LogP contribution < -0.4 is 0 Å². The van der Waals surface area contributed by atoms with E-state index in [9.17, 15) is 0 Å². The molecule has 1 aliphatic rings. The Balaban J connectivity index is 1.01. The van der Waals surface area contributed by atoms with E-state index >= 15 is 0 Å². The van der Waals surface area contributed by atoms with E-state index in [0.717, 1.165) is 40.0 Å². The van der Waals surface area contributed by atoms with Crippen LogP contribution in [-0.4, -0.2) is 14.5 Å².